The van der Waals surface area contributed by atoms with Crippen LogP contribution < -0.4 is 4.90 Å². The van der Waals surface area contributed by atoms with E-state index in [1.165, 1.54) is 25.9 Å². The van der Waals surface area contributed by atoms with Crippen LogP contribution in [0, 0.1) is 0 Å². The van der Waals surface area contributed by atoms with Crippen molar-refractivity contribution in [3.8, 4) is 0 Å². The molecule has 6 nitrogen and oxygen atoms in total. The molecular weight excluding hydrogens is 330 g/mol. The molecule has 2 fully saturated rings. The second kappa shape index (κ2) is 8.54. The first-order valence-corrected chi connectivity index (χ1v) is 9.65. The van der Waals surface area contributed by atoms with E-state index < -0.39 is 5.97 Å². The van der Waals surface area contributed by atoms with Gasteiger partial charge in [-0.05, 0) is 63.5 Å². The van der Waals surface area contributed by atoms with Crippen LogP contribution in [0.15, 0.2) is 24.3 Å². The predicted molar refractivity (Wildman–Crippen MR) is 102 cm³/mol. The Morgan fingerprint density at radius 3 is 2.19 bits per heavy atom. The van der Waals surface area contributed by atoms with Crippen molar-refractivity contribution in [1.82, 2.24) is 9.80 Å². The van der Waals surface area contributed by atoms with Crippen molar-refractivity contribution in [1.29, 1.82) is 0 Å². The van der Waals surface area contributed by atoms with Crippen LogP contribution in [0.25, 0.3) is 0 Å². The number of piperazine rings is 1. The second-order valence-corrected chi connectivity index (χ2v) is 7.35. The molecule has 0 aromatic heterocycles. The lowest BCUT2D eigenvalue weighted by molar-refractivity contribution is -0.131. The maximum absolute atomic E-state index is 12.5. The molecule has 26 heavy (non-hydrogen) atoms. The third kappa shape index (κ3) is 4.55. The molecule has 6 heteroatoms. The zero-order valence-electron chi connectivity index (χ0n) is 15.6. The lowest BCUT2D eigenvalue weighted by Gasteiger charge is -2.36. The first kappa shape index (κ1) is 18.7. The van der Waals surface area contributed by atoms with Gasteiger partial charge in [-0.1, -0.05) is 0 Å². The molecule has 3 rings (SSSR count). The number of benzene rings is 1. The van der Waals surface area contributed by atoms with E-state index in [0.29, 0.717) is 18.0 Å². The Balaban J connectivity index is 1.43. The molecule has 2 saturated heterocycles. The van der Waals surface area contributed by atoms with Gasteiger partial charge >= 0.3 is 5.97 Å². The lowest BCUT2D eigenvalue weighted by atomic mass is 10.1. The molecule has 0 spiro atoms. The van der Waals surface area contributed by atoms with E-state index >= 15 is 0 Å². The van der Waals surface area contributed by atoms with Crippen LogP contribution in [0.2, 0.25) is 0 Å². The molecule has 2 aliphatic rings. The minimum Gasteiger partial charge on any atom is -0.478 e. The molecule has 0 saturated carbocycles. The van der Waals surface area contributed by atoms with Gasteiger partial charge in [-0.2, -0.15) is 0 Å². The number of likely N-dealkylation sites (tertiary alicyclic amines) is 1. The number of amides is 1. The number of hydrogen-bond donors (Lipinski definition) is 1. The summed E-state index contributed by atoms with van der Waals surface area (Å²) in [5, 5.41) is 8.98. The molecule has 2 aliphatic heterocycles. The molecule has 0 bridgehead atoms. The van der Waals surface area contributed by atoms with Crippen molar-refractivity contribution in [2.75, 3.05) is 44.2 Å². The summed E-state index contributed by atoms with van der Waals surface area (Å²) in [6.07, 6.45) is 4.14. The van der Waals surface area contributed by atoms with Crippen molar-refractivity contribution in [3.63, 3.8) is 0 Å². The summed E-state index contributed by atoms with van der Waals surface area (Å²) in [6.45, 7) is 7.63. The van der Waals surface area contributed by atoms with E-state index in [2.05, 4.69) is 16.7 Å². The molecule has 142 valence electrons. The smallest absolute Gasteiger partial charge is 0.335 e. The van der Waals surface area contributed by atoms with E-state index in [1.807, 2.05) is 17.0 Å². The van der Waals surface area contributed by atoms with Crippen LogP contribution in [-0.4, -0.2) is 72.1 Å². The molecule has 1 aromatic rings. The van der Waals surface area contributed by atoms with Gasteiger partial charge in [0.2, 0.25) is 5.91 Å². The molecular formula is C20H29N3O3. The fraction of sp³-hybridized carbons (Fsp3) is 0.600. The van der Waals surface area contributed by atoms with Crippen LogP contribution in [0.1, 0.15) is 43.0 Å². The number of carbonyl (C=O) groups is 2. The highest BCUT2D eigenvalue weighted by atomic mass is 16.4. The van der Waals surface area contributed by atoms with Crippen LogP contribution in [0.3, 0.4) is 0 Å². The Bertz CT molecular complexity index is 618. The van der Waals surface area contributed by atoms with Crippen molar-refractivity contribution < 1.29 is 14.7 Å². The number of anilines is 1. The van der Waals surface area contributed by atoms with Crippen molar-refractivity contribution in [2.24, 2.45) is 0 Å². The van der Waals surface area contributed by atoms with E-state index in [0.717, 1.165) is 38.3 Å². The average Bonchev–Trinajstić information content (AvgIpc) is 3.21. The summed E-state index contributed by atoms with van der Waals surface area (Å²) >= 11 is 0. The quantitative estimate of drug-likeness (QED) is 0.844. The number of rotatable bonds is 6. The third-order valence-corrected chi connectivity index (χ3v) is 5.65. The van der Waals surface area contributed by atoms with Crippen molar-refractivity contribution in [2.45, 2.75) is 38.6 Å². The summed E-state index contributed by atoms with van der Waals surface area (Å²) in [5.74, 6) is -0.646. The first-order valence-electron chi connectivity index (χ1n) is 9.65. The lowest BCUT2D eigenvalue weighted by Crippen LogP contribution is -2.49. The van der Waals surface area contributed by atoms with Gasteiger partial charge in [0.15, 0.2) is 0 Å². The number of hydrogen-bond acceptors (Lipinski definition) is 4. The first-order chi connectivity index (χ1) is 12.5. The van der Waals surface area contributed by atoms with Crippen molar-refractivity contribution in [3.05, 3.63) is 29.8 Å². The van der Waals surface area contributed by atoms with E-state index in [4.69, 9.17) is 5.11 Å². The van der Waals surface area contributed by atoms with Gasteiger partial charge in [0, 0.05) is 44.3 Å². The normalized spacial score (nSPS) is 19.6. The van der Waals surface area contributed by atoms with Gasteiger partial charge in [-0.15, -0.1) is 0 Å². The molecule has 1 N–H and O–H groups in total. The van der Waals surface area contributed by atoms with E-state index in [-0.39, 0.29) is 5.91 Å². The van der Waals surface area contributed by atoms with Crippen LogP contribution in [0.5, 0.6) is 0 Å². The zero-order valence-corrected chi connectivity index (χ0v) is 15.6. The van der Waals surface area contributed by atoms with Crippen LogP contribution in [-0.2, 0) is 4.79 Å². The summed E-state index contributed by atoms with van der Waals surface area (Å²) in [7, 11) is 0. The Morgan fingerprint density at radius 1 is 1.00 bits per heavy atom. The summed E-state index contributed by atoms with van der Waals surface area (Å²) in [4.78, 5) is 30.1. The van der Waals surface area contributed by atoms with Gasteiger partial charge in [-0.25, -0.2) is 4.79 Å². The standard InChI is InChI=1S/C20H29N3O3/c1-16(21-10-2-3-11-21)4-9-19(24)23-14-12-22(13-15-23)18-7-5-17(6-8-18)20(25)26/h5-8,16H,2-4,9-15H2,1H3,(H,25,26)/t16-/m1/s1. The summed E-state index contributed by atoms with van der Waals surface area (Å²) in [6, 6.07) is 7.46. The van der Waals surface area contributed by atoms with E-state index in [9.17, 15) is 9.59 Å². The van der Waals surface area contributed by atoms with Gasteiger partial charge < -0.3 is 19.8 Å². The second-order valence-electron chi connectivity index (χ2n) is 7.35. The Morgan fingerprint density at radius 2 is 1.62 bits per heavy atom. The SMILES string of the molecule is C[C@H](CCC(=O)N1CCN(c2ccc(C(=O)O)cc2)CC1)N1CCCC1. The maximum Gasteiger partial charge on any atom is 0.335 e. The summed E-state index contributed by atoms with van der Waals surface area (Å²) < 4.78 is 0. The average molecular weight is 359 g/mol. The number of carboxylic acid groups (broad SMARTS) is 1. The number of carboxylic acids is 1. The molecule has 0 aliphatic carbocycles. The number of nitrogens with zero attached hydrogens (tertiary/aromatic N) is 3. The zero-order chi connectivity index (χ0) is 18.5. The fourth-order valence-corrected chi connectivity index (χ4v) is 3.88. The van der Waals surface area contributed by atoms with Gasteiger partial charge in [-0.3, -0.25) is 4.79 Å². The topological polar surface area (TPSA) is 64.1 Å². The van der Waals surface area contributed by atoms with Crippen LogP contribution >= 0.6 is 0 Å². The predicted octanol–water partition coefficient (Wildman–Crippen LogP) is 2.30. The minimum absolute atomic E-state index is 0.261. The molecule has 2 heterocycles. The molecule has 1 amide bonds. The minimum atomic E-state index is -0.907. The highest BCUT2D eigenvalue weighted by Gasteiger charge is 2.23. The van der Waals surface area contributed by atoms with Gasteiger partial charge in [0.05, 0.1) is 5.56 Å². The molecule has 0 unspecified atom stereocenters. The fourth-order valence-electron chi connectivity index (χ4n) is 3.88. The third-order valence-electron chi connectivity index (χ3n) is 5.65. The van der Waals surface area contributed by atoms with Crippen molar-refractivity contribution >= 4 is 17.6 Å². The Hall–Kier alpha value is -2.08. The molecule has 0 radical (unpaired) electrons. The Kier molecular flexibility index (Phi) is 6.14. The maximum atomic E-state index is 12.5. The molecule has 1 aromatic carbocycles. The number of carbonyl (C=O) groups excluding carboxylic acids is 1. The molecule has 1 atom stereocenters. The largest absolute Gasteiger partial charge is 0.478 e. The van der Waals surface area contributed by atoms with Gasteiger partial charge in [0.25, 0.3) is 0 Å². The Labute approximate surface area is 155 Å². The van der Waals surface area contributed by atoms with Gasteiger partial charge in [0.1, 0.15) is 0 Å². The highest BCUT2D eigenvalue weighted by Crippen LogP contribution is 2.19. The summed E-state index contributed by atoms with van der Waals surface area (Å²) in [5.41, 5.74) is 1.32. The highest BCUT2D eigenvalue weighted by molar-refractivity contribution is 5.88. The van der Waals surface area contributed by atoms with E-state index in [1.54, 1.807) is 12.1 Å². The van der Waals surface area contributed by atoms with Crippen LogP contribution in [0.4, 0.5) is 5.69 Å². The monoisotopic (exact) mass is 359 g/mol. The number of aromatic carboxylic acids is 1.